The molecule has 1 aromatic rings. The number of carbonyl (C=O) groups is 1. The van der Waals surface area contributed by atoms with Crippen LogP contribution in [-0.4, -0.2) is 47.0 Å². The smallest absolute Gasteiger partial charge is 0.321 e. The Morgan fingerprint density at radius 1 is 1.14 bits per heavy atom. The second-order valence-electron chi connectivity index (χ2n) is 6.28. The fourth-order valence-corrected chi connectivity index (χ4v) is 3.60. The predicted molar refractivity (Wildman–Crippen MR) is 93.0 cm³/mol. The van der Waals surface area contributed by atoms with Crippen molar-refractivity contribution in [3.63, 3.8) is 0 Å². The summed E-state index contributed by atoms with van der Waals surface area (Å²) in [6.07, 6.45) is 0. The molecule has 0 radical (unpaired) electrons. The lowest BCUT2D eigenvalue weighted by molar-refractivity contribution is 0.0202. The Bertz CT molecular complexity index is 514. The highest BCUT2D eigenvalue weighted by Gasteiger charge is 2.36. The number of benzene rings is 1. The molecule has 1 aromatic carbocycles. The van der Waals surface area contributed by atoms with Crippen LogP contribution in [-0.2, 0) is 0 Å². The van der Waals surface area contributed by atoms with Crippen molar-refractivity contribution < 1.29 is 4.79 Å². The predicted octanol–water partition coefficient (Wildman–Crippen LogP) is 4.33. The fourth-order valence-electron chi connectivity index (χ4n) is 3.08. The number of likely N-dealkylation sites (tertiary alicyclic amines) is 1. The van der Waals surface area contributed by atoms with Crippen LogP contribution in [0.15, 0.2) is 18.2 Å². The molecule has 2 rings (SSSR count). The summed E-state index contributed by atoms with van der Waals surface area (Å²) in [5.74, 6) is 0. The first-order chi connectivity index (χ1) is 10.3. The molecule has 0 spiro atoms. The lowest BCUT2D eigenvalue weighted by Crippen LogP contribution is -2.64. The molecular formula is C16H23Cl2N3O. The van der Waals surface area contributed by atoms with Crippen LogP contribution >= 0.6 is 23.2 Å². The second kappa shape index (κ2) is 7.07. The molecule has 0 atom stereocenters. The molecule has 1 N–H and O–H groups in total. The summed E-state index contributed by atoms with van der Waals surface area (Å²) in [5, 5.41) is 3.86. The van der Waals surface area contributed by atoms with Crippen LogP contribution in [0.4, 0.5) is 10.5 Å². The standard InChI is InChI=1S/C16H23Cl2N3O/c1-10(2)21(11(3)4)15-8-20(9-15)16(22)19-14-6-12(17)5-13(18)7-14/h5-7,10-11,15H,8-9H2,1-4H3,(H,19,22). The zero-order valence-electron chi connectivity index (χ0n) is 13.4. The zero-order valence-corrected chi connectivity index (χ0v) is 14.9. The average Bonchev–Trinajstić information content (AvgIpc) is 2.29. The highest BCUT2D eigenvalue weighted by molar-refractivity contribution is 6.35. The molecule has 22 heavy (non-hydrogen) atoms. The number of amides is 2. The Balaban J connectivity index is 1.91. The molecular weight excluding hydrogens is 321 g/mol. The summed E-state index contributed by atoms with van der Waals surface area (Å²) < 4.78 is 0. The quantitative estimate of drug-likeness (QED) is 0.883. The molecule has 0 aromatic heterocycles. The highest BCUT2D eigenvalue weighted by Crippen LogP contribution is 2.24. The van der Waals surface area contributed by atoms with Crippen LogP contribution in [0.1, 0.15) is 27.7 Å². The minimum atomic E-state index is -0.109. The molecule has 1 aliphatic rings. The van der Waals surface area contributed by atoms with Gasteiger partial charge in [0.25, 0.3) is 0 Å². The first-order valence-corrected chi connectivity index (χ1v) is 8.33. The van der Waals surface area contributed by atoms with Crippen molar-refractivity contribution in [1.29, 1.82) is 0 Å². The summed E-state index contributed by atoms with van der Waals surface area (Å²) in [6, 6.07) is 6.29. The number of halogens is 2. The Kier molecular flexibility index (Phi) is 5.59. The summed E-state index contributed by atoms with van der Waals surface area (Å²) in [4.78, 5) is 16.5. The van der Waals surface area contributed by atoms with E-state index in [4.69, 9.17) is 23.2 Å². The molecule has 1 fully saturated rings. The molecule has 122 valence electrons. The van der Waals surface area contributed by atoms with Crippen molar-refractivity contribution in [2.45, 2.75) is 45.8 Å². The maximum absolute atomic E-state index is 12.2. The number of nitrogens with one attached hydrogen (secondary N) is 1. The van der Waals surface area contributed by atoms with Crippen LogP contribution in [0.5, 0.6) is 0 Å². The number of hydrogen-bond acceptors (Lipinski definition) is 2. The van der Waals surface area contributed by atoms with Crippen molar-refractivity contribution in [1.82, 2.24) is 9.80 Å². The monoisotopic (exact) mass is 343 g/mol. The number of rotatable bonds is 4. The van der Waals surface area contributed by atoms with Gasteiger partial charge < -0.3 is 10.2 Å². The molecule has 0 unspecified atom stereocenters. The molecule has 1 aliphatic heterocycles. The first kappa shape index (κ1) is 17.4. The van der Waals surface area contributed by atoms with Crippen molar-refractivity contribution in [3.05, 3.63) is 28.2 Å². The lowest BCUT2D eigenvalue weighted by Gasteiger charge is -2.48. The number of urea groups is 1. The van der Waals surface area contributed by atoms with E-state index in [9.17, 15) is 4.79 Å². The summed E-state index contributed by atoms with van der Waals surface area (Å²) in [7, 11) is 0. The zero-order chi connectivity index (χ0) is 16.4. The van der Waals surface area contributed by atoms with E-state index >= 15 is 0 Å². The van der Waals surface area contributed by atoms with Gasteiger partial charge in [-0.05, 0) is 45.9 Å². The molecule has 1 heterocycles. The van der Waals surface area contributed by atoms with Crippen LogP contribution in [0, 0.1) is 0 Å². The molecule has 4 nitrogen and oxygen atoms in total. The Hall–Kier alpha value is -0.970. The maximum Gasteiger partial charge on any atom is 0.321 e. The number of anilines is 1. The van der Waals surface area contributed by atoms with E-state index < -0.39 is 0 Å². The van der Waals surface area contributed by atoms with Gasteiger partial charge in [0.05, 0.1) is 0 Å². The van der Waals surface area contributed by atoms with Gasteiger partial charge in [-0.2, -0.15) is 0 Å². The molecule has 2 amide bonds. The van der Waals surface area contributed by atoms with E-state index in [1.165, 1.54) is 0 Å². The van der Waals surface area contributed by atoms with Crippen molar-refractivity contribution in [2.24, 2.45) is 0 Å². The third kappa shape index (κ3) is 4.06. The van der Waals surface area contributed by atoms with Gasteiger partial charge >= 0.3 is 6.03 Å². The third-order valence-corrected chi connectivity index (χ3v) is 4.31. The Morgan fingerprint density at radius 3 is 2.09 bits per heavy atom. The van der Waals surface area contributed by atoms with E-state index in [1.807, 2.05) is 0 Å². The van der Waals surface area contributed by atoms with Crippen molar-refractivity contribution in [3.8, 4) is 0 Å². The van der Waals surface area contributed by atoms with Gasteiger partial charge in [0.1, 0.15) is 0 Å². The van der Waals surface area contributed by atoms with Crippen LogP contribution in [0.25, 0.3) is 0 Å². The van der Waals surface area contributed by atoms with Crippen molar-refractivity contribution >= 4 is 34.9 Å². The largest absolute Gasteiger partial charge is 0.321 e. The topological polar surface area (TPSA) is 35.6 Å². The average molecular weight is 344 g/mol. The van der Waals surface area contributed by atoms with E-state index in [2.05, 4.69) is 37.9 Å². The fraction of sp³-hybridized carbons (Fsp3) is 0.562. The minimum absolute atomic E-state index is 0.109. The molecule has 0 bridgehead atoms. The van der Waals surface area contributed by atoms with E-state index in [-0.39, 0.29) is 6.03 Å². The van der Waals surface area contributed by atoms with Gasteiger partial charge in [0.2, 0.25) is 0 Å². The normalized spacial score (nSPS) is 15.6. The highest BCUT2D eigenvalue weighted by atomic mass is 35.5. The van der Waals surface area contributed by atoms with Crippen LogP contribution in [0.3, 0.4) is 0 Å². The Morgan fingerprint density at radius 2 is 1.64 bits per heavy atom. The summed E-state index contributed by atoms with van der Waals surface area (Å²) in [5.41, 5.74) is 0.621. The van der Waals surface area contributed by atoms with Gasteiger partial charge in [-0.25, -0.2) is 4.79 Å². The molecule has 1 saturated heterocycles. The number of nitrogens with zero attached hydrogens (tertiary/aromatic N) is 2. The van der Waals surface area contributed by atoms with Gasteiger partial charge in [-0.1, -0.05) is 23.2 Å². The summed E-state index contributed by atoms with van der Waals surface area (Å²) >= 11 is 11.9. The lowest BCUT2D eigenvalue weighted by atomic mass is 10.0. The van der Waals surface area contributed by atoms with Gasteiger partial charge in [-0.3, -0.25) is 4.90 Å². The van der Waals surface area contributed by atoms with Crippen LogP contribution in [0.2, 0.25) is 10.0 Å². The molecule has 0 saturated carbocycles. The van der Waals surface area contributed by atoms with Gasteiger partial charge in [0.15, 0.2) is 0 Å². The molecule has 6 heteroatoms. The SMILES string of the molecule is CC(C)N(C(C)C)C1CN(C(=O)Nc2cc(Cl)cc(Cl)c2)C1. The van der Waals surface area contributed by atoms with E-state index in [0.717, 1.165) is 13.1 Å². The van der Waals surface area contributed by atoms with E-state index in [0.29, 0.717) is 33.9 Å². The van der Waals surface area contributed by atoms with E-state index in [1.54, 1.807) is 23.1 Å². The summed E-state index contributed by atoms with van der Waals surface area (Å²) in [6.45, 7) is 10.3. The van der Waals surface area contributed by atoms with Crippen LogP contribution < -0.4 is 5.32 Å². The maximum atomic E-state index is 12.2. The molecule has 0 aliphatic carbocycles. The van der Waals surface area contributed by atoms with Gasteiger partial charge in [-0.15, -0.1) is 0 Å². The van der Waals surface area contributed by atoms with Gasteiger partial charge in [0, 0.05) is 46.9 Å². The third-order valence-electron chi connectivity index (χ3n) is 3.88. The minimum Gasteiger partial charge on any atom is -0.321 e. The number of hydrogen-bond donors (Lipinski definition) is 1. The second-order valence-corrected chi connectivity index (χ2v) is 7.15. The number of carbonyl (C=O) groups excluding carboxylic acids is 1. The first-order valence-electron chi connectivity index (χ1n) is 7.57. The Labute approximate surface area is 142 Å². The van der Waals surface area contributed by atoms with Crippen molar-refractivity contribution in [2.75, 3.05) is 18.4 Å².